The molecule has 0 saturated carbocycles. The third kappa shape index (κ3) is 4.52. The number of hydrogen-bond donors (Lipinski definition) is 1. The van der Waals surface area contributed by atoms with E-state index in [1.165, 1.54) is 12.8 Å². The Kier molecular flexibility index (Phi) is 6.44. The summed E-state index contributed by atoms with van der Waals surface area (Å²) in [7, 11) is 0. The number of nitrogens with zero attached hydrogens (tertiary/aromatic N) is 3. The van der Waals surface area contributed by atoms with Crippen molar-refractivity contribution < 1.29 is 9.53 Å². The quantitative estimate of drug-likeness (QED) is 0.781. The van der Waals surface area contributed by atoms with Gasteiger partial charge in [-0.25, -0.2) is 0 Å². The SMILES string of the molecule is CCOc1ccc(-c2n[nH]c(=S)n2CCC(=O)N2CCCCCC2)cc1. The fourth-order valence-electron chi connectivity index (χ4n) is 3.30. The number of carbonyl (C=O) groups excluding carboxylic acids is 1. The predicted molar refractivity (Wildman–Crippen MR) is 104 cm³/mol. The Morgan fingerprint density at radius 1 is 1.19 bits per heavy atom. The lowest BCUT2D eigenvalue weighted by Gasteiger charge is -2.20. The second-order valence-electron chi connectivity index (χ2n) is 6.51. The summed E-state index contributed by atoms with van der Waals surface area (Å²) >= 11 is 5.37. The number of carbonyl (C=O) groups is 1. The molecule has 6 nitrogen and oxygen atoms in total. The molecule has 1 amide bonds. The van der Waals surface area contributed by atoms with Gasteiger partial charge < -0.3 is 9.64 Å². The van der Waals surface area contributed by atoms with E-state index in [1.807, 2.05) is 40.7 Å². The number of nitrogens with one attached hydrogen (secondary N) is 1. The summed E-state index contributed by atoms with van der Waals surface area (Å²) in [5.41, 5.74) is 0.947. The van der Waals surface area contributed by atoms with Crippen LogP contribution in [0.4, 0.5) is 0 Å². The Hall–Kier alpha value is -2.15. The Bertz CT molecular complexity index is 774. The van der Waals surface area contributed by atoms with Crippen molar-refractivity contribution in [1.82, 2.24) is 19.7 Å². The third-order valence-corrected chi connectivity index (χ3v) is 5.00. The fourth-order valence-corrected chi connectivity index (χ4v) is 3.52. The molecule has 140 valence electrons. The van der Waals surface area contributed by atoms with Gasteiger partial charge in [0.05, 0.1) is 6.61 Å². The highest BCUT2D eigenvalue weighted by Gasteiger charge is 2.17. The number of rotatable bonds is 6. The van der Waals surface area contributed by atoms with Gasteiger partial charge in [-0.3, -0.25) is 14.5 Å². The largest absolute Gasteiger partial charge is 0.494 e. The summed E-state index contributed by atoms with van der Waals surface area (Å²) in [4.78, 5) is 14.5. The molecule has 26 heavy (non-hydrogen) atoms. The van der Waals surface area contributed by atoms with E-state index in [4.69, 9.17) is 17.0 Å². The van der Waals surface area contributed by atoms with Crippen LogP contribution in [-0.4, -0.2) is 45.3 Å². The second-order valence-corrected chi connectivity index (χ2v) is 6.89. The second kappa shape index (κ2) is 8.98. The Morgan fingerprint density at radius 2 is 1.88 bits per heavy atom. The number of amides is 1. The minimum atomic E-state index is 0.202. The molecule has 3 rings (SSSR count). The number of aromatic amines is 1. The molecule has 1 aromatic heterocycles. The fraction of sp³-hybridized carbons (Fsp3) is 0.526. The summed E-state index contributed by atoms with van der Waals surface area (Å²) < 4.78 is 7.93. The standard InChI is InChI=1S/C19H26N4O2S/c1-2-25-16-9-7-15(8-10-16)18-20-21-19(26)23(18)14-11-17(24)22-12-5-3-4-6-13-22/h7-10H,2-6,11-14H2,1H3,(H,21,26). The molecule has 1 aliphatic rings. The molecule has 7 heteroatoms. The molecular formula is C19H26N4O2S. The molecule has 1 aromatic carbocycles. The summed E-state index contributed by atoms with van der Waals surface area (Å²) in [6.45, 7) is 4.88. The summed E-state index contributed by atoms with van der Waals surface area (Å²) in [5.74, 6) is 1.78. The zero-order valence-electron chi connectivity index (χ0n) is 15.2. The zero-order chi connectivity index (χ0) is 18.4. The van der Waals surface area contributed by atoms with Crippen LogP contribution in [0.15, 0.2) is 24.3 Å². The molecule has 0 aliphatic carbocycles. The highest BCUT2D eigenvalue weighted by Crippen LogP contribution is 2.21. The molecule has 2 heterocycles. The van der Waals surface area contributed by atoms with Crippen LogP contribution in [0, 0.1) is 4.77 Å². The molecule has 0 bridgehead atoms. The van der Waals surface area contributed by atoms with Crippen molar-refractivity contribution in [1.29, 1.82) is 0 Å². The highest BCUT2D eigenvalue weighted by molar-refractivity contribution is 7.71. The zero-order valence-corrected chi connectivity index (χ0v) is 16.1. The van der Waals surface area contributed by atoms with E-state index in [-0.39, 0.29) is 5.91 Å². The van der Waals surface area contributed by atoms with Gasteiger partial charge in [0.15, 0.2) is 10.6 Å². The van der Waals surface area contributed by atoms with Crippen molar-refractivity contribution in [2.45, 2.75) is 45.6 Å². The molecule has 2 aromatic rings. The molecule has 1 saturated heterocycles. The van der Waals surface area contributed by atoms with Crippen LogP contribution in [0.25, 0.3) is 11.4 Å². The normalized spacial score (nSPS) is 14.9. The van der Waals surface area contributed by atoms with Gasteiger partial charge in [-0.05, 0) is 56.2 Å². The molecule has 0 spiro atoms. The van der Waals surface area contributed by atoms with Crippen molar-refractivity contribution in [2.75, 3.05) is 19.7 Å². The van der Waals surface area contributed by atoms with Crippen molar-refractivity contribution in [3.05, 3.63) is 29.0 Å². The van der Waals surface area contributed by atoms with Gasteiger partial charge in [0.25, 0.3) is 0 Å². The van der Waals surface area contributed by atoms with Crippen molar-refractivity contribution >= 4 is 18.1 Å². The van der Waals surface area contributed by atoms with Crippen LogP contribution >= 0.6 is 12.2 Å². The van der Waals surface area contributed by atoms with Gasteiger partial charge in [-0.2, -0.15) is 5.10 Å². The average Bonchev–Trinajstić information content (AvgIpc) is 2.86. The smallest absolute Gasteiger partial charge is 0.224 e. The number of H-pyrrole nitrogens is 1. The minimum absolute atomic E-state index is 0.202. The highest BCUT2D eigenvalue weighted by atomic mass is 32.1. The van der Waals surface area contributed by atoms with E-state index >= 15 is 0 Å². The first kappa shape index (κ1) is 18.6. The number of aromatic nitrogens is 3. The van der Waals surface area contributed by atoms with Crippen LogP contribution < -0.4 is 4.74 Å². The summed E-state index contributed by atoms with van der Waals surface area (Å²) in [6, 6.07) is 7.76. The van der Waals surface area contributed by atoms with Gasteiger partial charge in [-0.15, -0.1) is 0 Å². The van der Waals surface area contributed by atoms with Crippen molar-refractivity contribution in [3.63, 3.8) is 0 Å². The Balaban J connectivity index is 1.69. The Morgan fingerprint density at radius 3 is 2.54 bits per heavy atom. The molecular weight excluding hydrogens is 348 g/mol. The summed E-state index contributed by atoms with van der Waals surface area (Å²) in [6.07, 6.45) is 5.09. The minimum Gasteiger partial charge on any atom is -0.494 e. The first-order chi connectivity index (χ1) is 12.7. The monoisotopic (exact) mass is 374 g/mol. The lowest BCUT2D eigenvalue weighted by Crippen LogP contribution is -2.32. The van der Waals surface area contributed by atoms with E-state index in [2.05, 4.69) is 10.2 Å². The maximum atomic E-state index is 12.6. The number of hydrogen-bond acceptors (Lipinski definition) is 4. The molecule has 1 N–H and O–H groups in total. The van der Waals surface area contributed by atoms with Crippen molar-refractivity contribution in [3.8, 4) is 17.1 Å². The molecule has 0 unspecified atom stereocenters. The molecule has 0 radical (unpaired) electrons. The van der Waals surface area contributed by atoms with Crippen LogP contribution in [-0.2, 0) is 11.3 Å². The Labute approximate surface area is 159 Å². The van der Waals surface area contributed by atoms with Gasteiger partial charge in [0.1, 0.15) is 5.75 Å². The maximum absolute atomic E-state index is 12.6. The van der Waals surface area contributed by atoms with Crippen LogP contribution in [0.2, 0.25) is 0 Å². The third-order valence-electron chi connectivity index (χ3n) is 4.69. The molecule has 1 aliphatic heterocycles. The molecule has 1 fully saturated rings. The number of benzene rings is 1. The van der Waals surface area contributed by atoms with E-state index in [9.17, 15) is 4.79 Å². The predicted octanol–water partition coefficient (Wildman–Crippen LogP) is 3.80. The topological polar surface area (TPSA) is 63.1 Å². The number of ether oxygens (including phenoxy) is 1. The molecule has 0 atom stereocenters. The van der Waals surface area contributed by atoms with Gasteiger partial charge in [-0.1, -0.05) is 12.8 Å². The average molecular weight is 375 g/mol. The first-order valence-corrected chi connectivity index (χ1v) is 9.76. The van der Waals surface area contributed by atoms with Gasteiger partial charge >= 0.3 is 0 Å². The van der Waals surface area contributed by atoms with Crippen LogP contribution in [0.3, 0.4) is 0 Å². The van der Waals surface area contributed by atoms with Gasteiger partial charge in [0.2, 0.25) is 5.91 Å². The number of likely N-dealkylation sites (tertiary alicyclic amines) is 1. The first-order valence-electron chi connectivity index (χ1n) is 9.35. The van der Waals surface area contributed by atoms with E-state index < -0.39 is 0 Å². The van der Waals surface area contributed by atoms with Crippen LogP contribution in [0.1, 0.15) is 39.0 Å². The lowest BCUT2D eigenvalue weighted by atomic mass is 10.2. The van der Waals surface area contributed by atoms with E-state index in [0.717, 1.165) is 43.1 Å². The lowest BCUT2D eigenvalue weighted by molar-refractivity contribution is -0.131. The summed E-state index contributed by atoms with van der Waals surface area (Å²) in [5, 5.41) is 7.20. The van der Waals surface area contributed by atoms with E-state index in [0.29, 0.717) is 24.3 Å². The van der Waals surface area contributed by atoms with Gasteiger partial charge in [0, 0.05) is 31.6 Å². The van der Waals surface area contributed by atoms with Crippen LogP contribution in [0.5, 0.6) is 5.75 Å². The van der Waals surface area contributed by atoms with E-state index in [1.54, 1.807) is 0 Å². The maximum Gasteiger partial charge on any atom is 0.224 e. The van der Waals surface area contributed by atoms with Crippen molar-refractivity contribution in [2.24, 2.45) is 0 Å².